The molecule has 27 heavy (non-hydrogen) atoms. The van der Waals surface area contributed by atoms with E-state index >= 15 is 0 Å². The third-order valence-corrected chi connectivity index (χ3v) is 4.22. The lowest BCUT2D eigenvalue weighted by molar-refractivity contribution is -0.125. The number of benzene rings is 2. The van der Waals surface area contributed by atoms with Gasteiger partial charge < -0.3 is 14.2 Å². The molecule has 0 unspecified atom stereocenters. The molecule has 2 aromatic carbocycles. The van der Waals surface area contributed by atoms with Crippen LogP contribution < -0.4 is 4.74 Å². The Balaban J connectivity index is 1.63. The van der Waals surface area contributed by atoms with Gasteiger partial charge in [0.1, 0.15) is 5.75 Å². The Morgan fingerprint density at radius 1 is 1.22 bits per heavy atom. The highest BCUT2D eigenvalue weighted by molar-refractivity contribution is 6.32. The van der Waals surface area contributed by atoms with Crippen molar-refractivity contribution in [1.29, 1.82) is 0 Å². The predicted molar refractivity (Wildman–Crippen MR) is 103 cm³/mol. The summed E-state index contributed by atoms with van der Waals surface area (Å²) in [7, 11) is 3.27. The molecule has 3 rings (SSSR count). The number of hydrogen-bond donors (Lipinski definition) is 0. The second-order valence-corrected chi connectivity index (χ2v) is 6.20. The van der Waals surface area contributed by atoms with Crippen molar-refractivity contribution in [1.82, 2.24) is 15.0 Å². The number of rotatable bonds is 6. The molecule has 0 saturated carbocycles. The van der Waals surface area contributed by atoms with Gasteiger partial charge in [0.15, 0.2) is 0 Å². The van der Waals surface area contributed by atoms with Gasteiger partial charge in [-0.15, -0.1) is 0 Å². The summed E-state index contributed by atoms with van der Waals surface area (Å²) < 4.78 is 10.4. The van der Waals surface area contributed by atoms with Crippen molar-refractivity contribution >= 4 is 23.6 Å². The van der Waals surface area contributed by atoms with Crippen molar-refractivity contribution in [3.63, 3.8) is 0 Å². The number of carbonyl (C=O) groups excluding carboxylic acids is 1. The molecular formula is C20H18ClN3O3. The molecule has 6 nitrogen and oxygen atoms in total. The fourth-order valence-corrected chi connectivity index (χ4v) is 2.55. The van der Waals surface area contributed by atoms with Crippen molar-refractivity contribution in [3.8, 4) is 17.1 Å². The van der Waals surface area contributed by atoms with Crippen LogP contribution in [-0.4, -0.2) is 35.1 Å². The van der Waals surface area contributed by atoms with E-state index in [-0.39, 0.29) is 12.5 Å². The summed E-state index contributed by atoms with van der Waals surface area (Å²) >= 11 is 6.08. The zero-order chi connectivity index (χ0) is 19.2. The fraction of sp³-hybridized carbons (Fsp3) is 0.150. The summed E-state index contributed by atoms with van der Waals surface area (Å²) in [5, 5.41) is 4.55. The van der Waals surface area contributed by atoms with Gasteiger partial charge >= 0.3 is 0 Å². The maximum atomic E-state index is 12.3. The maximum absolute atomic E-state index is 12.3. The number of aromatic nitrogens is 2. The topological polar surface area (TPSA) is 68.5 Å². The van der Waals surface area contributed by atoms with Gasteiger partial charge in [-0.2, -0.15) is 4.98 Å². The third kappa shape index (κ3) is 4.74. The van der Waals surface area contributed by atoms with Crippen LogP contribution in [0.5, 0.6) is 5.75 Å². The van der Waals surface area contributed by atoms with E-state index in [9.17, 15) is 4.79 Å². The number of amides is 1. The first-order valence-electron chi connectivity index (χ1n) is 8.21. The lowest BCUT2D eigenvalue weighted by Gasteiger charge is -2.11. The summed E-state index contributed by atoms with van der Waals surface area (Å²) in [6.07, 6.45) is 3.14. The molecule has 0 radical (unpaired) electrons. The number of methoxy groups -OCH3 is 1. The molecule has 1 amide bonds. The second kappa shape index (κ2) is 8.51. The number of ether oxygens (including phenoxy) is 1. The fourth-order valence-electron chi connectivity index (χ4n) is 2.36. The Kier molecular flexibility index (Phi) is 5.88. The largest absolute Gasteiger partial charge is 0.497 e. The van der Waals surface area contributed by atoms with Crippen LogP contribution in [-0.2, 0) is 11.3 Å². The normalized spacial score (nSPS) is 10.9. The van der Waals surface area contributed by atoms with E-state index in [0.29, 0.717) is 16.7 Å². The van der Waals surface area contributed by atoms with Gasteiger partial charge in [0, 0.05) is 23.7 Å². The molecule has 0 fully saturated rings. The van der Waals surface area contributed by atoms with Gasteiger partial charge in [0.05, 0.1) is 13.7 Å². The van der Waals surface area contributed by atoms with Gasteiger partial charge in [0.2, 0.25) is 17.6 Å². The van der Waals surface area contributed by atoms with Gasteiger partial charge in [-0.05, 0) is 42.0 Å². The summed E-state index contributed by atoms with van der Waals surface area (Å²) in [4.78, 5) is 18.1. The molecule has 0 spiro atoms. The molecule has 0 bridgehead atoms. The number of carbonyl (C=O) groups is 1. The molecule has 0 aliphatic carbocycles. The van der Waals surface area contributed by atoms with E-state index in [1.165, 1.54) is 11.0 Å². The molecule has 0 N–H and O–H groups in total. The molecule has 0 saturated heterocycles. The molecule has 3 aromatic rings. The molecule has 0 atom stereocenters. The van der Waals surface area contributed by atoms with E-state index in [1.54, 1.807) is 26.3 Å². The van der Waals surface area contributed by atoms with Crippen LogP contribution in [0.1, 0.15) is 11.5 Å². The van der Waals surface area contributed by atoms with Crippen LogP contribution in [0, 0.1) is 0 Å². The molecule has 1 heterocycles. The van der Waals surface area contributed by atoms with Crippen molar-refractivity contribution < 1.29 is 14.1 Å². The molecule has 0 aliphatic rings. The van der Waals surface area contributed by atoms with E-state index in [1.807, 2.05) is 42.5 Å². The quantitative estimate of drug-likeness (QED) is 0.600. The first-order chi connectivity index (χ1) is 13.1. The van der Waals surface area contributed by atoms with Gasteiger partial charge in [-0.1, -0.05) is 35.0 Å². The summed E-state index contributed by atoms with van der Waals surface area (Å²) in [5.74, 6) is 1.36. The molecule has 7 heteroatoms. The number of nitrogens with zero attached hydrogens (tertiary/aromatic N) is 3. The van der Waals surface area contributed by atoms with E-state index in [0.717, 1.165) is 16.9 Å². The summed E-state index contributed by atoms with van der Waals surface area (Å²) in [5.41, 5.74) is 1.58. The van der Waals surface area contributed by atoms with Crippen molar-refractivity contribution in [2.75, 3.05) is 14.2 Å². The smallest absolute Gasteiger partial charge is 0.246 e. The van der Waals surface area contributed by atoms with E-state index in [2.05, 4.69) is 10.1 Å². The van der Waals surface area contributed by atoms with Crippen LogP contribution in [0.25, 0.3) is 17.5 Å². The molecule has 0 aliphatic heterocycles. The number of halogens is 1. The van der Waals surface area contributed by atoms with Gasteiger partial charge in [-0.3, -0.25) is 4.79 Å². The molecule has 138 valence electrons. The standard InChI is InChI=1S/C20H18ClN3O3/c1-24(19(25)12-9-14-5-3-4-6-17(14)21)13-18-22-20(23-27-18)15-7-10-16(26-2)11-8-15/h3-12H,13H2,1-2H3/b12-9+. The van der Waals surface area contributed by atoms with Gasteiger partial charge in [-0.25, -0.2) is 0 Å². The van der Waals surface area contributed by atoms with E-state index < -0.39 is 0 Å². The average molecular weight is 384 g/mol. The number of hydrogen-bond acceptors (Lipinski definition) is 5. The Morgan fingerprint density at radius 2 is 1.96 bits per heavy atom. The Labute approximate surface area is 162 Å². The summed E-state index contributed by atoms with van der Waals surface area (Å²) in [6.45, 7) is 0.203. The Bertz CT molecular complexity index is 951. The zero-order valence-corrected chi connectivity index (χ0v) is 15.7. The SMILES string of the molecule is COc1ccc(-c2noc(CN(C)C(=O)/C=C/c3ccccc3Cl)n2)cc1. The highest BCUT2D eigenvalue weighted by Gasteiger charge is 2.13. The lowest BCUT2D eigenvalue weighted by atomic mass is 10.2. The Morgan fingerprint density at radius 3 is 2.67 bits per heavy atom. The van der Waals surface area contributed by atoms with Crippen LogP contribution in [0.2, 0.25) is 5.02 Å². The molecular weight excluding hydrogens is 366 g/mol. The first kappa shape index (κ1) is 18.7. The van der Waals surface area contributed by atoms with Crippen molar-refractivity contribution in [2.45, 2.75) is 6.54 Å². The minimum absolute atomic E-state index is 0.195. The van der Waals surface area contributed by atoms with Crippen molar-refractivity contribution in [3.05, 3.63) is 71.1 Å². The highest BCUT2D eigenvalue weighted by atomic mass is 35.5. The number of likely N-dealkylation sites (N-methyl/N-ethyl adjacent to an activating group) is 1. The molecule has 1 aromatic heterocycles. The van der Waals surface area contributed by atoms with Crippen molar-refractivity contribution in [2.24, 2.45) is 0 Å². The minimum atomic E-state index is -0.195. The average Bonchev–Trinajstić information content (AvgIpc) is 3.15. The monoisotopic (exact) mass is 383 g/mol. The lowest BCUT2D eigenvalue weighted by Crippen LogP contribution is -2.24. The Hall–Kier alpha value is -3.12. The van der Waals surface area contributed by atoms with Gasteiger partial charge in [0.25, 0.3) is 0 Å². The van der Waals surface area contributed by atoms with Crippen LogP contribution in [0.15, 0.2) is 59.1 Å². The van der Waals surface area contributed by atoms with Crippen LogP contribution in [0.3, 0.4) is 0 Å². The first-order valence-corrected chi connectivity index (χ1v) is 8.59. The zero-order valence-electron chi connectivity index (χ0n) is 14.9. The minimum Gasteiger partial charge on any atom is -0.497 e. The third-order valence-electron chi connectivity index (χ3n) is 3.88. The summed E-state index contributed by atoms with van der Waals surface area (Å²) in [6, 6.07) is 14.6. The van der Waals surface area contributed by atoms with Crippen LogP contribution in [0.4, 0.5) is 0 Å². The predicted octanol–water partition coefficient (Wildman–Crippen LogP) is 4.07. The van der Waals surface area contributed by atoms with Crippen LogP contribution >= 0.6 is 11.6 Å². The second-order valence-electron chi connectivity index (χ2n) is 5.79. The van der Waals surface area contributed by atoms with E-state index in [4.69, 9.17) is 20.9 Å². The highest BCUT2D eigenvalue weighted by Crippen LogP contribution is 2.20. The maximum Gasteiger partial charge on any atom is 0.246 e.